The van der Waals surface area contributed by atoms with E-state index >= 15 is 0 Å². The molecule has 1 saturated carbocycles. The number of carbonyl (C=O) groups is 1. The molecule has 0 bridgehead atoms. The van der Waals surface area contributed by atoms with Crippen LogP contribution in [-0.4, -0.2) is 40.4 Å². The highest BCUT2D eigenvalue weighted by Gasteiger charge is 2.54. The van der Waals surface area contributed by atoms with Gasteiger partial charge in [-0.15, -0.1) is 0 Å². The lowest BCUT2D eigenvalue weighted by molar-refractivity contribution is -0.141. The fourth-order valence-corrected chi connectivity index (χ4v) is 6.06. The summed E-state index contributed by atoms with van der Waals surface area (Å²) in [6.45, 7) is 10.4. The average molecular weight is 545 g/mol. The van der Waals surface area contributed by atoms with Crippen LogP contribution in [0.15, 0.2) is 36.4 Å². The van der Waals surface area contributed by atoms with Crippen molar-refractivity contribution in [2.75, 3.05) is 13.7 Å². The zero-order chi connectivity index (χ0) is 28.7. The molecule has 1 N–H and O–H groups in total. The smallest absolute Gasteiger partial charge is 0.316 e. The number of rotatable bonds is 10. The summed E-state index contributed by atoms with van der Waals surface area (Å²) in [5.74, 6) is 0.958. The second kappa shape index (κ2) is 10.8. The van der Waals surface area contributed by atoms with E-state index in [1.54, 1.807) is 13.8 Å². The maximum Gasteiger partial charge on any atom is 0.316 e. The first-order valence-electron chi connectivity index (χ1n) is 14.1. The summed E-state index contributed by atoms with van der Waals surface area (Å²) >= 11 is 0. The molecule has 1 unspecified atom stereocenters. The number of esters is 1. The molecule has 212 valence electrons. The maximum absolute atomic E-state index is 12.0. The molecule has 1 aromatic heterocycles. The molecule has 1 heterocycles. The number of nitrogens with zero attached hydrogens (tertiary/aromatic N) is 2. The van der Waals surface area contributed by atoms with Gasteiger partial charge in [-0.2, -0.15) is 9.97 Å². The van der Waals surface area contributed by atoms with Crippen molar-refractivity contribution >= 4 is 5.97 Å². The Balaban J connectivity index is 1.30. The zero-order valence-electron chi connectivity index (χ0n) is 24.5. The van der Waals surface area contributed by atoms with Gasteiger partial charge in [0.2, 0.25) is 0 Å². The molecule has 1 spiro atoms. The first-order chi connectivity index (χ1) is 19.0. The van der Waals surface area contributed by atoms with E-state index in [-0.39, 0.29) is 17.3 Å². The third-order valence-electron chi connectivity index (χ3n) is 8.57. The number of aryl methyl sites for hydroxylation is 2. The summed E-state index contributed by atoms with van der Waals surface area (Å²) in [7, 11) is 1.46. The van der Waals surface area contributed by atoms with Gasteiger partial charge in [-0.3, -0.25) is 4.79 Å². The van der Waals surface area contributed by atoms with Crippen LogP contribution in [-0.2, 0) is 22.6 Å². The molecule has 0 saturated heterocycles. The molecule has 2 aromatic carbocycles. The average Bonchev–Trinajstić information content (AvgIpc) is 3.60. The molecule has 40 heavy (non-hydrogen) atoms. The van der Waals surface area contributed by atoms with Crippen LogP contribution in [0.3, 0.4) is 0 Å². The fraction of sp³-hybridized carbons (Fsp3) is 0.485. The second-order valence-electron chi connectivity index (χ2n) is 12.1. The molecule has 1 fully saturated rings. The Kier molecular flexibility index (Phi) is 7.62. The van der Waals surface area contributed by atoms with Gasteiger partial charge in [0.15, 0.2) is 0 Å². The van der Waals surface area contributed by atoms with E-state index in [1.807, 2.05) is 26.0 Å². The number of hydrogen-bond acceptors (Lipinski definition) is 7. The summed E-state index contributed by atoms with van der Waals surface area (Å²) in [4.78, 5) is 21.2. The van der Waals surface area contributed by atoms with Crippen LogP contribution >= 0.6 is 0 Å². The summed E-state index contributed by atoms with van der Waals surface area (Å²) < 4.78 is 17.0. The summed E-state index contributed by atoms with van der Waals surface area (Å²) in [6, 6.07) is 12.9. The van der Waals surface area contributed by atoms with Gasteiger partial charge < -0.3 is 19.3 Å². The molecule has 7 nitrogen and oxygen atoms in total. The molecule has 0 amide bonds. The first kappa shape index (κ1) is 28.1. The highest BCUT2D eigenvalue weighted by atomic mass is 16.5. The van der Waals surface area contributed by atoms with Crippen LogP contribution in [0, 0.1) is 26.2 Å². The molecule has 3 aromatic rings. The highest BCUT2D eigenvalue weighted by molar-refractivity contribution is 5.73. The largest absolute Gasteiger partial charge is 0.489 e. The molecule has 5 rings (SSSR count). The monoisotopic (exact) mass is 544 g/mol. The van der Waals surface area contributed by atoms with E-state index in [2.05, 4.69) is 41.2 Å². The molecular weight excluding hydrogens is 504 g/mol. The highest BCUT2D eigenvalue weighted by Crippen LogP contribution is 2.64. The number of fused-ring (bicyclic) bond motifs is 1. The third-order valence-corrected chi connectivity index (χ3v) is 8.57. The minimum atomic E-state index is -0.796. The van der Waals surface area contributed by atoms with Gasteiger partial charge >= 0.3 is 12.0 Å². The lowest BCUT2D eigenvalue weighted by atomic mass is 9.87. The number of hydrogen-bond donors (Lipinski definition) is 1. The second-order valence-corrected chi connectivity index (χ2v) is 12.1. The van der Waals surface area contributed by atoms with Gasteiger partial charge in [-0.05, 0) is 99.2 Å². The number of ether oxygens (including phenoxy) is 3. The number of carbonyl (C=O) groups excluding carboxylic acids is 1. The molecule has 0 aliphatic heterocycles. The number of benzene rings is 2. The van der Waals surface area contributed by atoms with Gasteiger partial charge in [0.05, 0.1) is 37.1 Å². The van der Waals surface area contributed by atoms with Crippen LogP contribution in [0.1, 0.15) is 79.1 Å². The van der Waals surface area contributed by atoms with Crippen LogP contribution in [0.2, 0.25) is 0 Å². The molecule has 0 radical (unpaired) electrons. The Bertz CT molecular complexity index is 1400. The number of aromatic nitrogens is 2. The van der Waals surface area contributed by atoms with E-state index in [9.17, 15) is 9.90 Å². The SMILES string of the molecule is COC(=O)CC1c2ccc(OCc3cccc(-c4c(C)nc(OCCC(C)(C)O)nc4C)c3C)cc2CC12CC2. The van der Waals surface area contributed by atoms with Gasteiger partial charge in [-0.1, -0.05) is 24.3 Å². The Morgan fingerprint density at radius 2 is 1.80 bits per heavy atom. The summed E-state index contributed by atoms with van der Waals surface area (Å²) in [6.07, 6.45) is 4.29. The van der Waals surface area contributed by atoms with Crippen molar-refractivity contribution in [1.29, 1.82) is 0 Å². The van der Waals surface area contributed by atoms with Crippen molar-refractivity contribution in [2.24, 2.45) is 5.41 Å². The van der Waals surface area contributed by atoms with Crippen molar-refractivity contribution in [1.82, 2.24) is 9.97 Å². The van der Waals surface area contributed by atoms with Gasteiger partial charge in [0.25, 0.3) is 0 Å². The Hall–Kier alpha value is -3.45. The predicted octanol–water partition coefficient (Wildman–Crippen LogP) is 6.17. The standard InChI is InChI=1S/C33H40N2O5/c1-20-23(8-7-9-26(20)30-21(2)34-31(35-22(30)3)39-15-14-32(4,5)37)19-40-25-10-11-27-24(16-25)18-33(12-13-33)28(27)17-29(36)38-6/h7-11,16,28,37H,12-15,17-19H2,1-6H3. The normalized spacial score (nSPS) is 17.0. The van der Waals surface area contributed by atoms with Crippen molar-refractivity contribution in [3.8, 4) is 22.9 Å². The van der Waals surface area contributed by atoms with Crippen molar-refractivity contribution in [3.05, 3.63) is 70.0 Å². The Labute approximate surface area is 236 Å². The van der Waals surface area contributed by atoms with Crippen LogP contribution in [0.25, 0.3) is 11.1 Å². The Morgan fingerprint density at radius 1 is 1.07 bits per heavy atom. The molecule has 2 aliphatic carbocycles. The quantitative estimate of drug-likeness (QED) is 0.305. The van der Waals surface area contributed by atoms with Crippen LogP contribution < -0.4 is 9.47 Å². The molecule has 7 heteroatoms. The van der Waals surface area contributed by atoms with Crippen molar-refractivity contribution < 1.29 is 24.1 Å². The van der Waals surface area contributed by atoms with Gasteiger partial charge in [0.1, 0.15) is 12.4 Å². The number of aliphatic hydroxyl groups is 1. The fourth-order valence-electron chi connectivity index (χ4n) is 6.06. The summed E-state index contributed by atoms with van der Waals surface area (Å²) in [5.41, 5.74) is 8.00. The maximum atomic E-state index is 12.0. The Morgan fingerprint density at radius 3 is 2.45 bits per heavy atom. The topological polar surface area (TPSA) is 90.8 Å². The lowest BCUT2D eigenvalue weighted by Crippen LogP contribution is -2.22. The lowest BCUT2D eigenvalue weighted by Gasteiger charge is -2.18. The summed E-state index contributed by atoms with van der Waals surface area (Å²) in [5, 5.41) is 9.94. The van der Waals surface area contributed by atoms with E-state index in [0.717, 1.165) is 45.8 Å². The van der Waals surface area contributed by atoms with Crippen molar-refractivity contribution in [2.45, 2.75) is 84.8 Å². The van der Waals surface area contributed by atoms with E-state index in [1.165, 1.54) is 31.1 Å². The third kappa shape index (κ3) is 5.85. The van der Waals surface area contributed by atoms with E-state index in [4.69, 9.17) is 14.2 Å². The molecular formula is C33H40N2O5. The molecule has 1 atom stereocenters. The predicted molar refractivity (Wildman–Crippen MR) is 154 cm³/mol. The zero-order valence-corrected chi connectivity index (χ0v) is 24.5. The minimum absolute atomic E-state index is 0.136. The van der Waals surface area contributed by atoms with E-state index in [0.29, 0.717) is 32.1 Å². The van der Waals surface area contributed by atoms with Crippen molar-refractivity contribution in [3.63, 3.8) is 0 Å². The molecule has 2 aliphatic rings. The van der Waals surface area contributed by atoms with Crippen LogP contribution in [0.5, 0.6) is 11.8 Å². The minimum Gasteiger partial charge on any atom is -0.489 e. The first-order valence-corrected chi connectivity index (χ1v) is 14.1. The van der Waals surface area contributed by atoms with Gasteiger partial charge in [0, 0.05) is 17.9 Å². The van der Waals surface area contributed by atoms with Gasteiger partial charge in [-0.25, -0.2) is 0 Å². The van der Waals surface area contributed by atoms with Crippen LogP contribution in [0.4, 0.5) is 0 Å². The number of methoxy groups -OCH3 is 1. The van der Waals surface area contributed by atoms with E-state index < -0.39 is 5.60 Å².